The van der Waals surface area contributed by atoms with Gasteiger partial charge in [-0.25, -0.2) is 4.99 Å². The van der Waals surface area contributed by atoms with E-state index in [0.717, 1.165) is 25.4 Å². The van der Waals surface area contributed by atoms with Crippen LogP contribution in [0.4, 0.5) is 0 Å². The van der Waals surface area contributed by atoms with Crippen molar-refractivity contribution in [3.8, 4) is 0 Å². The van der Waals surface area contributed by atoms with E-state index in [-0.39, 0.29) is 42.5 Å². The number of furan rings is 1. The summed E-state index contributed by atoms with van der Waals surface area (Å²) in [5, 5.41) is 6.76. The molecule has 0 bridgehead atoms. The normalized spacial score (nSPS) is 16.4. The molecule has 1 aliphatic rings. The molecule has 1 saturated heterocycles. The van der Waals surface area contributed by atoms with E-state index in [1.165, 1.54) is 19.3 Å². The summed E-state index contributed by atoms with van der Waals surface area (Å²) in [6, 6.07) is 4.14. The van der Waals surface area contributed by atoms with E-state index in [2.05, 4.69) is 34.4 Å². The standard InChI is InChI=1S/C20H35N5O2.HI/c1-16(2)13-21-20(23-15-19(26)24(3)4)22-14-17(18-9-8-12-27-18)25-10-6-5-7-11-25;/h8-9,12,16-17H,5-7,10-11,13-15H2,1-4H3,(H2,21,22,23);1H. The minimum absolute atomic E-state index is 0. The first-order valence-corrected chi connectivity index (χ1v) is 9.97. The van der Waals surface area contributed by atoms with E-state index in [0.29, 0.717) is 18.4 Å². The first-order valence-electron chi connectivity index (χ1n) is 9.97. The van der Waals surface area contributed by atoms with Gasteiger partial charge in [0, 0.05) is 27.2 Å². The third kappa shape index (κ3) is 8.38. The highest BCUT2D eigenvalue weighted by Crippen LogP contribution is 2.24. The van der Waals surface area contributed by atoms with Gasteiger partial charge in [0.1, 0.15) is 12.3 Å². The Kier molecular flexibility index (Phi) is 11.5. The van der Waals surface area contributed by atoms with E-state index < -0.39 is 0 Å². The number of amides is 1. The van der Waals surface area contributed by atoms with Crippen LogP contribution in [0.5, 0.6) is 0 Å². The summed E-state index contributed by atoms with van der Waals surface area (Å²) < 4.78 is 5.71. The van der Waals surface area contributed by atoms with Crippen LogP contribution in [0.3, 0.4) is 0 Å². The summed E-state index contributed by atoms with van der Waals surface area (Å²) in [6.07, 6.45) is 5.47. The van der Waals surface area contributed by atoms with Crippen LogP contribution in [0, 0.1) is 5.92 Å². The van der Waals surface area contributed by atoms with Crippen LogP contribution in [-0.2, 0) is 4.79 Å². The van der Waals surface area contributed by atoms with Crippen molar-refractivity contribution in [1.82, 2.24) is 20.4 Å². The molecule has 2 heterocycles. The summed E-state index contributed by atoms with van der Waals surface area (Å²) in [5.74, 6) is 2.12. The number of nitrogens with zero attached hydrogens (tertiary/aromatic N) is 3. The lowest BCUT2D eigenvalue weighted by atomic mass is 10.1. The second kappa shape index (κ2) is 13.0. The second-order valence-electron chi connectivity index (χ2n) is 7.74. The zero-order chi connectivity index (χ0) is 19.6. The van der Waals surface area contributed by atoms with Gasteiger partial charge in [-0.15, -0.1) is 24.0 Å². The van der Waals surface area contributed by atoms with Crippen molar-refractivity contribution in [1.29, 1.82) is 0 Å². The maximum atomic E-state index is 11.9. The Morgan fingerprint density at radius 1 is 1.21 bits per heavy atom. The number of rotatable bonds is 8. The number of guanidine groups is 1. The molecule has 0 aromatic carbocycles. The minimum atomic E-state index is -0.0146. The van der Waals surface area contributed by atoms with E-state index in [1.807, 2.05) is 12.1 Å². The number of halogens is 1. The van der Waals surface area contributed by atoms with Crippen LogP contribution in [-0.4, -0.2) is 68.5 Å². The molecule has 28 heavy (non-hydrogen) atoms. The molecule has 1 fully saturated rings. The third-order valence-electron chi connectivity index (χ3n) is 4.71. The number of likely N-dealkylation sites (tertiary alicyclic amines) is 1. The molecule has 8 heteroatoms. The molecule has 2 rings (SSSR count). The predicted octanol–water partition coefficient (Wildman–Crippen LogP) is 2.70. The summed E-state index contributed by atoms with van der Waals surface area (Å²) in [6.45, 7) is 8.08. The molecule has 2 N–H and O–H groups in total. The number of hydrogen-bond donors (Lipinski definition) is 2. The van der Waals surface area contributed by atoms with E-state index >= 15 is 0 Å². The zero-order valence-corrected chi connectivity index (χ0v) is 19.9. The third-order valence-corrected chi connectivity index (χ3v) is 4.71. The molecule has 1 aliphatic heterocycles. The number of carbonyl (C=O) groups is 1. The maximum absolute atomic E-state index is 11.9. The van der Waals surface area contributed by atoms with E-state index in [1.54, 1.807) is 25.3 Å². The number of likely N-dealkylation sites (N-methyl/N-ethyl adjacent to an activating group) is 1. The van der Waals surface area contributed by atoms with E-state index in [4.69, 9.17) is 4.42 Å². The SMILES string of the molecule is CC(C)CNC(=NCC(=O)N(C)C)NCC(c1ccco1)N1CCCCC1.I. The van der Waals surface area contributed by atoms with Crippen LogP contribution < -0.4 is 10.6 Å². The quantitative estimate of drug-likeness (QED) is 0.323. The van der Waals surface area contributed by atoms with Gasteiger partial charge in [-0.2, -0.15) is 0 Å². The highest BCUT2D eigenvalue weighted by molar-refractivity contribution is 14.0. The molecule has 0 saturated carbocycles. The Hall–Kier alpha value is -1.29. The highest BCUT2D eigenvalue weighted by atomic mass is 127. The van der Waals surface area contributed by atoms with Crippen molar-refractivity contribution >= 4 is 35.8 Å². The Morgan fingerprint density at radius 2 is 1.89 bits per heavy atom. The lowest BCUT2D eigenvalue weighted by molar-refractivity contribution is -0.127. The molecule has 0 aliphatic carbocycles. The lowest BCUT2D eigenvalue weighted by Crippen LogP contribution is -2.45. The Labute approximate surface area is 186 Å². The van der Waals surface area contributed by atoms with Gasteiger partial charge >= 0.3 is 0 Å². The summed E-state index contributed by atoms with van der Waals surface area (Å²) in [4.78, 5) is 20.4. The Bertz CT molecular complexity index is 583. The summed E-state index contributed by atoms with van der Waals surface area (Å²) in [5.41, 5.74) is 0. The van der Waals surface area contributed by atoms with Crippen LogP contribution >= 0.6 is 24.0 Å². The number of aliphatic imine (C=N–C) groups is 1. The Morgan fingerprint density at radius 3 is 2.46 bits per heavy atom. The molecule has 0 spiro atoms. The molecule has 1 atom stereocenters. The average molecular weight is 505 g/mol. The fourth-order valence-corrected chi connectivity index (χ4v) is 3.08. The molecule has 1 unspecified atom stereocenters. The number of carbonyl (C=O) groups excluding carboxylic acids is 1. The molecule has 1 amide bonds. The van der Waals surface area contributed by atoms with Crippen molar-refractivity contribution in [3.63, 3.8) is 0 Å². The maximum Gasteiger partial charge on any atom is 0.243 e. The molecular formula is C20H36IN5O2. The van der Waals surface area contributed by atoms with Gasteiger partial charge in [-0.3, -0.25) is 9.69 Å². The molecule has 160 valence electrons. The van der Waals surface area contributed by atoms with Gasteiger partial charge in [-0.05, 0) is 44.0 Å². The van der Waals surface area contributed by atoms with Crippen molar-refractivity contribution in [2.75, 3.05) is 46.8 Å². The minimum Gasteiger partial charge on any atom is -0.468 e. The van der Waals surface area contributed by atoms with Crippen molar-refractivity contribution < 1.29 is 9.21 Å². The first kappa shape index (κ1) is 24.7. The fourth-order valence-electron chi connectivity index (χ4n) is 3.08. The monoisotopic (exact) mass is 505 g/mol. The van der Waals surface area contributed by atoms with Gasteiger partial charge in [0.05, 0.1) is 12.3 Å². The largest absolute Gasteiger partial charge is 0.468 e. The van der Waals surface area contributed by atoms with Gasteiger partial charge in [0.2, 0.25) is 5.91 Å². The fraction of sp³-hybridized carbons (Fsp3) is 0.700. The average Bonchev–Trinajstić information content (AvgIpc) is 3.18. The smallest absolute Gasteiger partial charge is 0.243 e. The molecule has 1 aromatic heterocycles. The van der Waals surface area contributed by atoms with Gasteiger partial charge in [-0.1, -0.05) is 20.3 Å². The lowest BCUT2D eigenvalue weighted by Gasteiger charge is -2.33. The van der Waals surface area contributed by atoms with Crippen LogP contribution in [0.1, 0.15) is 44.9 Å². The topological polar surface area (TPSA) is 73.1 Å². The van der Waals surface area contributed by atoms with Gasteiger partial charge < -0.3 is 20.0 Å². The van der Waals surface area contributed by atoms with Crippen LogP contribution in [0.2, 0.25) is 0 Å². The van der Waals surface area contributed by atoms with Crippen LogP contribution in [0.15, 0.2) is 27.8 Å². The van der Waals surface area contributed by atoms with Gasteiger partial charge in [0.15, 0.2) is 5.96 Å². The van der Waals surface area contributed by atoms with Crippen LogP contribution in [0.25, 0.3) is 0 Å². The number of nitrogens with one attached hydrogen (secondary N) is 2. The molecule has 0 radical (unpaired) electrons. The number of piperidine rings is 1. The molecular weight excluding hydrogens is 469 g/mol. The van der Waals surface area contributed by atoms with E-state index in [9.17, 15) is 4.79 Å². The first-order chi connectivity index (χ1) is 13.0. The van der Waals surface area contributed by atoms with Crippen molar-refractivity contribution in [2.45, 2.75) is 39.2 Å². The Balaban J connectivity index is 0.00000392. The van der Waals surface area contributed by atoms with Crippen molar-refractivity contribution in [2.24, 2.45) is 10.9 Å². The van der Waals surface area contributed by atoms with Gasteiger partial charge in [0.25, 0.3) is 0 Å². The molecule has 1 aromatic rings. The zero-order valence-electron chi connectivity index (χ0n) is 17.6. The molecule has 7 nitrogen and oxygen atoms in total. The summed E-state index contributed by atoms with van der Waals surface area (Å²) >= 11 is 0. The number of hydrogen-bond acceptors (Lipinski definition) is 4. The second-order valence-corrected chi connectivity index (χ2v) is 7.74. The summed E-state index contributed by atoms with van der Waals surface area (Å²) in [7, 11) is 3.49. The highest BCUT2D eigenvalue weighted by Gasteiger charge is 2.24. The van der Waals surface area contributed by atoms with Crippen molar-refractivity contribution in [3.05, 3.63) is 24.2 Å². The predicted molar refractivity (Wildman–Crippen MR) is 124 cm³/mol.